The van der Waals surface area contributed by atoms with Gasteiger partial charge in [0, 0.05) is 25.2 Å². The van der Waals surface area contributed by atoms with Crippen molar-refractivity contribution in [2.24, 2.45) is 0 Å². The van der Waals surface area contributed by atoms with Gasteiger partial charge >= 0.3 is 0 Å². The molecule has 0 radical (unpaired) electrons. The number of rotatable bonds is 7. The van der Waals surface area contributed by atoms with Gasteiger partial charge in [-0.15, -0.1) is 0 Å². The summed E-state index contributed by atoms with van der Waals surface area (Å²) in [6.07, 6.45) is 1.02. The van der Waals surface area contributed by atoms with Crippen molar-refractivity contribution in [1.82, 2.24) is 15.5 Å². The molecule has 106 valence electrons. The van der Waals surface area contributed by atoms with Gasteiger partial charge in [0.25, 0.3) is 0 Å². The predicted molar refractivity (Wildman–Crippen MR) is 72.6 cm³/mol. The van der Waals surface area contributed by atoms with Crippen molar-refractivity contribution in [3.05, 3.63) is 0 Å². The van der Waals surface area contributed by atoms with E-state index in [0.717, 1.165) is 32.7 Å². The highest BCUT2D eigenvalue weighted by Crippen LogP contribution is 2.09. The molecule has 0 aromatic carbocycles. The van der Waals surface area contributed by atoms with Gasteiger partial charge in [0.15, 0.2) is 0 Å². The summed E-state index contributed by atoms with van der Waals surface area (Å²) in [5.74, 6) is 0.110. The molecule has 0 spiro atoms. The number of ether oxygens (including phenoxy) is 1. The van der Waals surface area contributed by atoms with E-state index in [1.54, 1.807) is 0 Å². The van der Waals surface area contributed by atoms with Crippen LogP contribution in [0.15, 0.2) is 0 Å². The highest BCUT2D eigenvalue weighted by atomic mass is 16.5. The van der Waals surface area contributed by atoms with Gasteiger partial charge in [-0.05, 0) is 26.8 Å². The molecule has 1 amide bonds. The standard InChI is InChI=1S/C13H27N3O2/c1-4-14-13(17)9-16(5-2)11(3)8-12-10-18-7-6-15-12/h11-12,15H,4-10H2,1-3H3,(H,14,17). The van der Waals surface area contributed by atoms with Gasteiger partial charge < -0.3 is 15.4 Å². The third-order valence-electron chi connectivity index (χ3n) is 3.37. The van der Waals surface area contributed by atoms with Crippen molar-refractivity contribution in [1.29, 1.82) is 0 Å². The largest absolute Gasteiger partial charge is 0.379 e. The van der Waals surface area contributed by atoms with Crippen LogP contribution in [0.4, 0.5) is 0 Å². The molecular weight excluding hydrogens is 230 g/mol. The highest BCUT2D eigenvalue weighted by molar-refractivity contribution is 5.77. The summed E-state index contributed by atoms with van der Waals surface area (Å²) in [5.41, 5.74) is 0. The number of carbonyl (C=O) groups is 1. The van der Waals surface area contributed by atoms with Crippen molar-refractivity contribution >= 4 is 5.91 Å². The van der Waals surface area contributed by atoms with Crippen LogP contribution in [0.5, 0.6) is 0 Å². The van der Waals surface area contributed by atoms with Crippen LogP contribution in [0.1, 0.15) is 27.2 Å². The van der Waals surface area contributed by atoms with E-state index in [-0.39, 0.29) is 5.91 Å². The topological polar surface area (TPSA) is 53.6 Å². The number of likely N-dealkylation sites (N-methyl/N-ethyl adjacent to an activating group) is 2. The van der Waals surface area contributed by atoms with E-state index in [0.29, 0.717) is 25.2 Å². The van der Waals surface area contributed by atoms with Crippen LogP contribution in [0.25, 0.3) is 0 Å². The molecule has 2 unspecified atom stereocenters. The fourth-order valence-corrected chi connectivity index (χ4v) is 2.35. The van der Waals surface area contributed by atoms with E-state index in [2.05, 4.69) is 29.4 Å². The molecule has 18 heavy (non-hydrogen) atoms. The first-order valence-electron chi connectivity index (χ1n) is 6.99. The van der Waals surface area contributed by atoms with Crippen molar-refractivity contribution in [2.75, 3.05) is 39.4 Å². The van der Waals surface area contributed by atoms with Crippen LogP contribution in [-0.4, -0.2) is 62.3 Å². The van der Waals surface area contributed by atoms with Gasteiger partial charge in [-0.3, -0.25) is 9.69 Å². The second-order valence-corrected chi connectivity index (χ2v) is 4.83. The normalized spacial score (nSPS) is 21.9. The minimum atomic E-state index is 0.110. The quantitative estimate of drug-likeness (QED) is 0.685. The Hall–Kier alpha value is -0.650. The molecule has 1 aliphatic rings. The summed E-state index contributed by atoms with van der Waals surface area (Å²) < 4.78 is 5.46. The number of morpholine rings is 1. The van der Waals surface area contributed by atoms with E-state index in [9.17, 15) is 4.79 Å². The van der Waals surface area contributed by atoms with Crippen molar-refractivity contribution < 1.29 is 9.53 Å². The Labute approximate surface area is 110 Å². The van der Waals surface area contributed by atoms with Crippen LogP contribution < -0.4 is 10.6 Å². The SMILES string of the molecule is CCNC(=O)CN(CC)C(C)CC1COCCN1. The molecule has 1 rings (SSSR count). The maximum absolute atomic E-state index is 11.6. The second kappa shape index (κ2) is 8.45. The monoisotopic (exact) mass is 257 g/mol. The van der Waals surface area contributed by atoms with Gasteiger partial charge in [0.1, 0.15) is 0 Å². The Morgan fingerprint density at radius 2 is 2.33 bits per heavy atom. The average molecular weight is 257 g/mol. The van der Waals surface area contributed by atoms with Gasteiger partial charge in [-0.2, -0.15) is 0 Å². The fraction of sp³-hybridized carbons (Fsp3) is 0.923. The van der Waals surface area contributed by atoms with Crippen LogP contribution in [0, 0.1) is 0 Å². The average Bonchev–Trinajstić information content (AvgIpc) is 2.37. The molecule has 2 N–H and O–H groups in total. The molecule has 1 fully saturated rings. The smallest absolute Gasteiger partial charge is 0.234 e. The Morgan fingerprint density at radius 3 is 2.89 bits per heavy atom. The summed E-state index contributed by atoms with van der Waals surface area (Å²) in [6, 6.07) is 0.800. The molecule has 0 saturated carbocycles. The summed E-state index contributed by atoms with van der Waals surface area (Å²) in [7, 11) is 0. The van der Waals surface area contributed by atoms with Crippen LogP contribution in [0.3, 0.4) is 0 Å². The third-order valence-corrected chi connectivity index (χ3v) is 3.37. The van der Waals surface area contributed by atoms with Crippen LogP contribution >= 0.6 is 0 Å². The number of amides is 1. The lowest BCUT2D eigenvalue weighted by Crippen LogP contribution is -2.48. The Bertz CT molecular complexity index is 242. The summed E-state index contributed by atoms with van der Waals surface area (Å²) in [4.78, 5) is 13.8. The lowest BCUT2D eigenvalue weighted by Gasteiger charge is -2.32. The number of nitrogens with zero attached hydrogens (tertiary/aromatic N) is 1. The van der Waals surface area contributed by atoms with E-state index in [1.165, 1.54) is 0 Å². The van der Waals surface area contributed by atoms with Gasteiger partial charge in [0.05, 0.1) is 19.8 Å². The van der Waals surface area contributed by atoms with Crippen LogP contribution in [0.2, 0.25) is 0 Å². The van der Waals surface area contributed by atoms with Gasteiger partial charge in [-0.25, -0.2) is 0 Å². The van der Waals surface area contributed by atoms with Crippen molar-refractivity contribution in [3.8, 4) is 0 Å². The number of nitrogens with one attached hydrogen (secondary N) is 2. The summed E-state index contributed by atoms with van der Waals surface area (Å²) in [5, 5.41) is 6.30. The zero-order valence-corrected chi connectivity index (χ0v) is 11.9. The first-order valence-corrected chi connectivity index (χ1v) is 6.99. The summed E-state index contributed by atoms with van der Waals surface area (Å²) in [6.45, 7) is 10.8. The van der Waals surface area contributed by atoms with E-state index in [1.807, 2.05) is 6.92 Å². The summed E-state index contributed by atoms with van der Waals surface area (Å²) >= 11 is 0. The molecule has 0 aliphatic carbocycles. The number of carbonyl (C=O) groups excluding carboxylic acids is 1. The first kappa shape index (κ1) is 15.4. The molecule has 0 aromatic heterocycles. The zero-order valence-electron chi connectivity index (χ0n) is 11.9. The fourth-order valence-electron chi connectivity index (χ4n) is 2.35. The maximum atomic E-state index is 11.6. The van der Waals surface area contributed by atoms with Crippen molar-refractivity contribution in [2.45, 2.75) is 39.3 Å². The lowest BCUT2D eigenvalue weighted by molar-refractivity contribution is -0.122. The maximum Gasteiger partial charge on any atom is 0.234 e. The molecule has 1 saturated heterocycles. The molecule has 5 heteroatoms. The molecule has 2 atom stereocenters. The predicted octanol–water partition coefficient (Wildman–Crippen LogP) is 0.211. The van der Waals surface area contributed by atoms with E-state index < -0.39 is 0 Å². The van der Waals surface area contributed by atoms with Crippen LogP contribution in [-0.2, 0) is 9.53 Å². The van der Waals surface area contributed by atoms with E-state index in [4.69, 9.17) is 4.74 Å². The Morgan fingerprint density at radius 1 is 1.56 bits per heavy atom. The lowest BCUT2D eigenvalue weighted by atomic mass is 10.1. The van der Waals surface area contributed by atoms with Crippen molar-refractivity contribution in [3.63, 3.8) is 0 Å². The highest BCUT2D eigenvalue weighted by Gasteiger charge is 2.21. The number of hydrogen-bond donors (Lipinski definition) is 2. The molecule has 1 aliphatic heterocycles. The molecule has 0 aromatic rings. The molecule has 5 nitrogen and oxygen atoms in total. The Balaban J connectivity index is 2.35. The molecule has 0 bridgehead atoms. The molecular formula is C13H27N3O2. The van der Waals surface area contributed by atoms with Gasteiger partial charge in [0.2, 0.25) is 5.91 Å². The minimum absolute atomic E-state index is 0.110. The molecule has 1 heterocycles. The third kappa shape index (κ3) is 5.33. The Kier molecular flexibility index (Phi) is 7.23. The second-order valence-electron chi connectivity index (χ2n) is 4.83. The zero-order chi connectivity index (χ0) is 13.4. The minimum Gasteiger partial charge on any atom is -0.379 e. The van der Waals surface area contributed by atoms with Gasteiger partial charge in [-0.1, -0.05) is 6.92 Å². The first-order chi connectivity index (χ1) is 8.67. The number of hydrogen-bond acceptors (Lipinski definition) is 4. The van der Waals surface area contributed by atoms with E-state index >= 15 is 0 Å².